The summed E-state index contributed by atoms with van der Waals surface area (Å²) in [6.07, 6.45) is 2.99. The first-order valence-electron chi connectivity index (χ1n) is 12.9. The number of nitrogens with zero attached hydrogens (tertiary/aromatic N) is 5. The lowest BCUT2D eigenvalue weighted by Gasteiger charge is -2.23. The summed E-state index contributed by atoms with van der Waals surface area (Å²) in [5, 5.41) is 25.1. The molecule has 0 saturated carbocycles. The summed E-state index contributed by atoms with van der Waals surface area (Å²) in [5.41, 5.74) is 3.17. The molecule has 11 nitrogen and oxygen atoms in total. The van der Waals surface area contributed by atoms with Crippen molar-refractivity contribution >= 4 is 29.4 Å². The topological polar surface area (TPSA) is 141 Å². The van der Waals surface area contributed by atoms with E-state index in [-0.39, 0.29) is 23.6 Å². The van der Waals surface area contributed by atoms with Crippen LogP contribution in [-0.4, -0.2) is 39.9 Å². The van der Waals surface area contributed by atoms with E-state index < -0.39 is 11.8 Å². The normalized spacial score (nSPS) is 13.8. The minimum Gasteiger partial charge on any atom is -0.337 e. The number of urea groups is 1. The quantitative estimate of drug-likeness (QED) is 0.277. The largest absolute Gasteiger partial charge is 0.337 e. The van der Waals surface area contributed by atoms with Gasteiger partial charge in [-0.05, 0) is 56.8 Å². The van der Waals surface area contributed by atoms with E-state index in [9.17, 15) is 14.0 Å². The maximum Gasteiger partial charge on any atom is 0.323 e. The first kappa shape index (κ1) is 27.3. The second-order valence-corrected chi connectivity index (χ2v) is 9.77. The Morgan fingerprint density at radius 3 is 2.49 bits per heavy atom. The molecule has 1 atom stereocenters. The van der Waals surface area contributed by atoms with Crippen LogP contribution < -0.4 is 26.8 Å². The molecule has 1 aliphatic heterocycles. The third kappa shape index (κ3) is 5.43. The number of nitriles is 1. The summed E-state index contributed by atoms with van der Waals surface area (Å²) in [5.74, 6) is -0.0584. The number of aromatic nitrogens is 3. The third-order valence-corrected chi connectivity index (χ3v) is 6.68. The van der Waals surface area contributed by atoms with E-state index in [4.69, 9.17) is 5.26 Å². The average Bonchev–Trinajstić information content (AvgIpc) is 3.40. The van der Waals surface area contributed by atoms with Crippen molar-refractivity contribution in [3.63, 3.8) is 0 Å². The number of benzene rings is 2. The van der Waals surface area contributed by atoms with E-state index in [1.165, 1.54) is 22.8 Å². The summed E-state index contributed by atoms with van der Waals surface area (Å²) < 4.78 is 18.0. The zero-order chi connectivity index (χ0) is 29.3. The number of nitrogens with one attached hydrogen (secondary N) is 4. The highest BCUT2D eigenvalue weighted by atomic mass is 19.1. The molecular formula is C29H28FN9O2. The zero-order valence-corrected chi connectivity index (χ0v) is 22.9. The Morgan fingerprint density at radius 1 is 1.10 bits per heavy atom. The second kappa shape index (κ2) is 11.1. The van der Waals surface area contributed by atoms with Gasteiger partial charge in [-0.3, -0.25) is 24.4 Å². The van der Waals surface area contributed by atoms with Crippen molar-refractivity contribution < 1.29 is 9.18 Å². The van der Waals surface area contributed by atoms with Gasteiger partial charge in [-0.25, -0.2) is 9.18 Å². The Hall–Kier alpha value is -5.28. The van der Waals surface area contributed by atoms with Gasteiger partial charge in [-0.1, -0.05) is 18.2 Å². The Labute approximate surface area is 235 Å². The van der Waals surface area contributed by atoms with Gasteiger partial charge in [0, 0.05) is 42.2 Å². The number of carbonyl (C=O) groups excluding carboxylic acids is 1. The van der Waals surface area contributed by atoms with Crippen molar-refractivity contribution in [2.45, 2.75) is 26.2 Å². The SMILES string of the molecule is CNC1N=Cc2cc(-c3ccc(F)c(NC(=O)Nc4cn(C(C)C)nc4-c4ccc(C#N)cc4)c3)c(=O)n(C)c2N1. The molecule has 0 saturated heterocycles. The van der Waals surface area contributed by atoms with Crippen LogP contribution in [0.2, 0.25) is 0 Å². The van der Waals surface area contributed by atoms with Crippen LogP contribution in [0.5, 0.6) is 0 Å². The molecular weight excluding hydrogens is 525 g/mol. The first-order chi connectivity index (χ1) is 19.7. The lowest BCUT2D eigenvalue weighted by Crippen LogP contribution is -2.37. The van der Waals surface area contributed by atoms with Crippen molar-refractivity contribution in [3.8, 4) is 28.5 Å². The van der Waals surface area contributed by atoms with Crippen LogP contribution in [0, 0.1) is 17.1 Å². The summed E-state index contributed by atoms with van der Waals surface area (Å²) in [6.45, 7) is 3.90. The Kier molecular flexibility index (Phi) is 7.37. The van der Waals surface area contributed by atoms with Crippen LogP contribution >= 0.6 is 0 Å². The maximum absolute atomic E-state index is 14.8. The maximum atomic E-state index is 14.8. The van der Waals surface area contributed by atoms with Gasteiger partial charge >= 0.3 is 6.03 Å². The summed E-state index contributed by atoms with van der Waals surface area (Å²) >= 11 is 0. The Balaban J connectivity index is 1.43. The number of fused-ring (bicyclic) bond motifs is 1. The fraction of sp³-hybridized carbons (Fsp3) is 0.207. The van der Waals surface area contributed by atoms with Crippen molar-refractivity contribution in [1.29, 1.82) is 5.26 Å². The fourth-order valence-corrected chi connectivity index (χ4v) is 4.44. The molecule has 3 heterocycles. The number of halogens is 1. The number of carbonyl (C=O) groups is 1. The molecule has 2 amide bonds. The van der Waals surface area contributed by atoms with E-state index in [0.29, 0.717) is 45.0 Å². The highest BCUT2D eigenvalue weighted by molar-refractivity contribution is 6.02. The minimum absolute atomic E-state index is 0.0171. The van der Waals surface area contributed by atoms with Gasteiger partial charge < -0.3 is 16.0 Å². The molecule has 41 heavy (non-hydrogen) atoms. The lowest BCUT2D eigenvalue weighted by molar-refractivity contribution is 0.262. The predicted octanol–water partition coefficient (Wildman–Crippen LogP) is 4.50. The van der Waals surface area contributed by atoms with Gasteiger partial charge in [0.25, 0.3) is 5.56 Å². The summed E-state index contributed by atoms with van der Waals surface area (Å²) in [4.78, 5) is 30.6. The average molecular weight is 554 g/mol. The van der Waals surface area contributed by atoms with E-state index in [2.05, 4.69) is 37.4 Å². The fourth-order valence-electron chi connectivity index (χ4n) is 4.44. The molecule has 5 rings (SSSR count). The molecule has 0 spiro atoms. The molecule has 1 unspecified atom stereocenters. The van der Waals surface area contributed by atoms with Crippen LogP contribution in [0.25, 0.3) is 22.4 Å². The van der Waals surface area contributed by atoms with Gasteiger partial charge in [-0.2, -0.15) is 10.4 Å². The highest BCUT2D eigenvalue weighted by Crippen LogP contribution is 2.30. The van der Waals surface area contributed by atoms with E-state index in [0.717, 1.165) is 0 Å². The Bertz CT molecular complexity index is 1760. The third-order valence-electron chi connectivity index (χ3n) is 6.68. The highest BCUT2D eigenvalue weighted by Gasteiger charge is 2.20. The number of hydrogen-bond donors (Lipinski definition) is 4. The number of aliphatic imine (C=N–C) groups is 1. The Morgan fingerprint density at radius 2 is 1.80 bits per heavy atom. The van der Waals surface area contributed by atoms with Gasteiger partial charge in [0.15, 0.2) is 6.29 Å². The number of amides is 2. The minimum atomic E-state index is -0.688. The predicted molar refractivity (Wildman–Crippen MR) is 157 cm³/mol. The number of pyridine rings is 1. The molecule has 0 aliphatic carbocycles. The smallest absolute Gasteiger partial charge is 0.323 e. The van der Waals surface area contributed by atoms with Crippen LogP contribution in [0.3, 0.4) is 0 Å². The molecule has 4 N–H and O–H groups in total. The van der Waals surface area contributed by atoms with E-state index in [1.54, 1.807) is 61.5 Å². The van der Waals surface area contributed by atoms with Crippen LogP contribution in [-0.2, 0) is 7.05 Å². The van der Waals surface area contributed by atoms with E-state index in [1.807, 2.05) is 13.8 Å². The molecule has 2 aromatic carbocycles. The standard InChI is InChI=1S/C29H28FN9O2/c1-16(2)39-15-24(25(37-39)18-7-5-17(13-31)6-8-18)35-29(41)34-23-12-19(9-10-22(23)30)21-11-20-14-33-28(32-3)36-26(20)38(4)27(21)40/h5-12,14-16,28,32,36H,1-4H3,(H2,34,35,41). The van der Waals surface area contributed by atoms with Crippen molar-refractivity contribution in [2.24, 2.45) is 12.0 Å². The number of anilines is 3. The van der Waals surface area contributed by atoms with Gasteiger partial charge in [0.05, 0.1) is 23.0 Å². The monoisotopic (exact) mass is 553 g/mol. The van der Waals surface area contributed by atoms with Gasteiger partial charge in [0.1, 0.15) is 17.3 Å². The van der Waals surface area contributed by atoms with Crippen molar-refractivity contribution in [1.82, 2.24) is 19.7 Å². The second-order valence-electron chi connectivity index (χ2n) is 9.77. The van der Waals surface area contributed by atoms with Gasteiger partial charge in [-0.15, -0.1) is 0 Å². The van der Waals surface area contributed by atoms with Crippen LogP contribution in [0.4, 0.5) is 26.4 Å². The van der Waals surface area contributed by atoms with Crippen molar-refractivity contribution in [2.75, 3.05) is 23.0 Å². The molecule has 1 aliphatic rings. The molecule has 4 aromatic rings. The summed E-state index contributed by atoms with van der Waals surface area (Å²) in [7, 11) is 3.39. The molecule has 0 radical (unpaired) electrons. The van der Waals surface area contributed by atoms with Gasteiger partial charge in [0.2, 0.25) is 0 Å². The number of hydrogen-bond acceptors (Lipinski definition) is 7. The summed E-state index contributed by atoms with van der Waals surface area (Å²) in [6, 6.07) is 14.0. The van der Waals surface area contributed by atoms with E-state index >= 15 is 0 Å². The molecule has 208 valence electrons. The molecule has 0 bridgehead atoms. The lowest BCUT2D eigenvalue weighted by atomic mass is 10.0. The first-order valence-corrected chi connectivity index (χ1v) is 12.9. The molecule has 2 aromatic heterocycles. The van der Waals surface area contributed by atoms with Crippen LogP contribution in [0.1, 0.15) is 31.0 Å². The zero-order valence-electron chi connectivity index (χ0n) is 22.9. The molecule has 12 heteroatoms. The number of rotatable bonds is 6. The van der Waals surface area contributed by atoms with Crippen molar-refractivity contribution in [3.05, 3.63) is 82.0 Å². The molecule has 0 fully saturated rings. The van der Waals surface area contributed by atoms with Crippen LogP contribution in [0.15, 0.2) is 64.5 Å².